The molecule has 1 fully saturated rings. The van der Waals surface area contributed by atoms with Crippen molar-refractivity contribution in [1.29, 1.82) is 0 Å². The Kier molecular flexibility index (Phi) is 5.94. The summed E-state index contributed by atoms with van der Waals surface area (Å²) in [6, 6.07) is 0.679. The molecule has 0 bridgehead atoms. The molecule has 1 N–H and O–H groups in total. The number of nitrogens with one attached hydrogen (secondary N) is 1. The first-order valence-corrected chi connectivity index (χ1v) is 7.58. The second kappa shape index (κ2) is 6.75. The predicted octanol–water partition coefficient (Wildman–Crippen LogP) is 3.28. The van der Waals surface area contributed by atoms with Gasteiger partial charge in [0, 0.05) is 24.7 Å². The Balaban J connectivity index is 2.71. The van der Waals surface area contributed by atoms with E-state index in [9.17, 15) is 0 Å². The Bertz CT molecular complexity index is 209. The third kappa shape index (κ3) is 3.45. The van der Waals surface area contributed by atoms with Crippen LogP contribution in [-0.4, -0.2) is 36.1 Å². The maximum absolute atomic E-state index is 3.78. The lowest BCUT2D eigenvalue weighted by Crippen LogP contribution is -2.65. The van der Waals surface area contributed by atoms with E-state index in [0.29, 0.717) is 11.6 Å². The third-order valence-corrected chi connectivity index (χ3v) is 4.68. The summed E-state index contributed by atoms with van der Waals surface area (Å²) in [6.07, 6.45) is 5.18. The highest BCUT2D eigenvalue weighted by molar-refractivity contribution is 4.98. The number of piperazine rings is 1. The molecule has 1 aliphatic rings. The van der Waals surface area contributed by atoms with E-state index >= 15 is 0 Å². The molecule has 0 amide bonds. The number of unbranched alkanes of at least 4 members (excludes halogenated alkanes) is 1. The molecule has 0 aromatic heterocycles. The van der Waals surface area contributed by atoms with Gasteiger partial charge in [-0.1, -0.05) is 41.0 Å². The largest absolute Gasteiger partial charge is 0.311 e. The molecule has 0 aliphatic carbocycles. The van der Waals surface area contributed by atoms with E-state index in [0.717, 1.165) is 5.92 Å². The maximum Gasteiger partial charge on any atom is 0.0329 e. The minimum atomic E-state index is 0.417. The minimum absolute atomic E-state index is 0.417. The van der Waals surface area contributed by atoms with Crippen molar-refractivity contribution in [1.82, 2.24) is 10.2 Å². The van der Waals surface area contributed by atoms with Crippen molar-refractivity contribution in [3.8, 4) is 0 Å². The second-order valence-electron chi connectivity index (χ2n) is 5.96. The van der Waals surface area contributed by atoms with Crippen LogP contribution >= 0.6 is 0 Å². The van der Waals surface area contributed by atoms with E-state index in [1.54, 1.807) is 0 Å². The molecule has 1 atom stereocenters. The molecule has 0 saturated carbocycles. The van der Waals surface area contributed by atoms with Crippen LogP contribution in [0.3, 0.4) is 0 Å². The van der Waals surface area contributed by atoms with Gasteiger partial charge in [-0.25, -0.2) is 0 Å². The molecule has 102 valence electrons. The van der Waals surface area contributed by atoms with Crippen LogP contribution in [0.15, 0.2) is 0 Å². The van der Waals surface area contributed by atoms with Gasteiger partial charge in [-0.05, 0) is 31.7 Å². The van der Waals surface area contributed by atoms with Crippen LogP contribution in [-0.2, 0) is 0 Å². The Labute approximate surface area is 108 Å². The normalized spacial score (nSPS) is 25.4. The predicted molar refractivity (Wildman–Crippen MR) is 76.4 cm³/mol. The van der Waals surface area contributed by atoms with Gasteiger partial charge in [0.25, 0.3) is 0 Å². The highest BCUT2D eigenvalue weighted by Gasteiger charge is 2.38. The fourth-order valence-electron chi connectivity index (χ4n) is 3.00. The average Bonchev–Trinajstić information content (AvgIpc) is 2.35. The number of rotatable bonds is 6. The van der Waals surface area contributed by atoms with Crippen LogP contribution in [0, 0.1) is 5.92 Å². The van der Waals surface area contributed by atoms with E-state index in [-0.39, 0.29) is 0 Å². The van der Waals surface area contributed by atoms with Gasteiger partial charge in [0.1, 0.15) is 0 Å². The topological polar surface area (TPSA) is 15.3 Å². The summed E-state index contributed by atoms with van der Waals surface area (Å²) < 4.78 is 0. The quantitative estimate of drug-likeness (QED) is 0.766. The molecule has 2 nitrogen and oxygen atoms in total. The summed E-state index contributed by atoms with van der Waals surface area (Å²) in [7, 11) is 0. The fraction of sp³-hybridized carbons (Fsp3) is 1.00. The Morgan fingerprint density at radius 1 is 1.24 bits per heavy atom. The van der Waals surface area contributed by atoms with Gasteiger partial charge in [-0.15, -0.1) is 0 Å². The summed E-state index contributed by atoms with van der Waals surface area (Å²) in [5.74, 6) is 0.742. The van der Waals surface area contributed by atoms with Crippen molar-refractivity contribution in [3.05, 3.63) is 0 Å². The molecule has 1 rings (SSSR count). The lowest BCUT2D eigenvalue weighted by atomic mass is 9.85. The summed E-state index contributed by atoms with van der Waals surface area (Å²) in [4.78, 5) is 2.78. The molecule has 0 spiro atoms. The van der Waals surface area contributed by atoms with Crippen molar-refractivity contribution in [2.75, 3.05) is 19.6 Å². The van der Waals surface area contributed by atoms with Crippen molar-refractivity contribution in [2.45, 2.75) is 71.9 Å². The first kappa shape index (κ1) is 15.0. The Hall–Kier alpha value is -0.0800. The van der Waals surface area contributed by atoms with Crippen LogP contribution in [0.2, 0.25) is 0 Å². The van der Waals surface area contributed by atoms with Gasteiger partial charge in [0.15, 0.2) is 0 Å². The average molecular weight is 240 g/mol. The molecule has 1 aliphatic heterocycles. The first-order chi connectivity index (χ1) is 8.09. The zero-order valence-corrected chi connectivity index (χ0v) is 12.6. The highest BCUT2D eigenvalue weighted by Crippen LogP contribution is 2.28. The smallest absolute Gasteiger partial charge is 0.0329 e. The van der Waals surface area contributed by atoms with Crippen LogP contribution in [0.1, 0.15) is 60.3 Å². The number of nitrogens with zero attached hydrogens (tertiary/aromatic N) is 1. The zero-order chi connectivity index (χ0) is 12.9. The van der Waals surface area contributed by atoms with Crippen molar-refractivity contribution < 1.29 is 0 Å². The van der Waals surface area contributed by atoms with Crippen LogP contribution < -0.4 is 5.32 Å². The standard InChI is InChI=1S/C15H32N2/c1-6-9-10-17-11-14(13(4)5)16-12-15(17,7-2)8-3/h13-14,16H,6-12H2,1-5H3. The monoisotopic (exact) mass is 240 g/mol. The Morgan fingerprint density at radius 2 is 1.88 bits per heavy atom. The number of hydrogen-bond acceptors (Lipinski definition) is 2. The maximum atomic E-state index is 3.78. The fourth-order valence-corrected chi connectivity index (χ4v) is 3.00. The second-order valence-corrected chi connectivity index (χ2v) is 5.96. The first-order valence-electron chi connectivity index (χ1n) is 7.58. The van der Waals surface area contributed by atoms with Gasteiger partial charge < -0.3 is 5.32 Å². The molecule has 1 saturated heterocycles. The molecule has 17 heavy (non-hydrogen) atoms. The van der Waals surface area contributed by atoms with Gasteiger partial charge in [-0.3, -0.25) is 4.90 Å². The summed E-state index contributed by atoms with van der Waals surface area (Å²) in [5, 5.41) is 3.78. The molecular formula is C15H32N2. The van der Waals surface area contributed by atoms with Crippen LogP contribution in [0.5, 0.6) is 0 Å². The van der Waals surface area contributed by atoms with Crippen LogP contribution in [0.25, 0.3) is 0 Å². The van der Waals surface area contributed by atoms with Crippen LogP contribution in [0.4, 0.5) is 0 Å². The lowest BCUT2D eigenvalue weighted by molar-refractivity contribution is 0.0214. The molecule has 1 unspecified atom stereocenters. The van der Waals surface area contributed by atoms with Gasteiger partial charge in [-0.2, -0.15) is 0 Å². The van der Waals surface area contributed by atoms with Crippen molar-refractivity contribution in [2.24, 2.45) is 5.92 Å². The molecular weight excluding hydrogens is 208 g/mol. The molecule has 0 radical (unpaired) electrons. The van der Waals surface area contributed by atoms with E-state index in [1.807, 2.05) is 0 Å². The number of hydrogen-bond donors (Lipinski definition) is 1. The van der Waals surface area contributed by atoms with E-state index < -0.39 is 0 Å². The summed E-state index contributed by atoms with van der Waals surface area (Å²) >= 11 is 0. The van der Waals surface area contributed by atoms with E-state index in [2.05, 4.69) is 44.8 Å². The molecule has 0 aromatic rings. The molecule has 0 aromatic carbocycles. The van der Waals surface area contributed by atoms with Gasteiger partial charge >= 0.3 is 0 Å². The summed E-state index contributed by atoms with van der Waals surface area (Å²) in [5.41, 5.74) is 0.417. The lowest BCUT2D eigenvalue weighted by Gasteiger charge is -2.50. The van der Waals surface area contributed by atoms with Gasteiger partial charge in [0.05, 0.1) is 0 Å². The molecule has 2 heteroatoms. The summed E-state index contributed by atoms with van der Waals surface area (Å²) in [6.45, 7) is 15.3. The zero-order valence-electron chi connectivity index (χ0n) is 12.6. The minimum Gasteiger partial charge on any atom is -0.311 e. The highest BCUT2D eigenvalue weighted by atomic mass is 15.3. The van der Waals surface area contributed by atoms with Crippen molar-refractivity contribution >= 4 is 0 Å². The van der Waals surface area contributed by atoms with Crippen molar-refractivity contribution in [3.63, 3.8) is 0 Å². The third-order valence-electron chi connectivity index (χ3n) is 4.68. The Morgan fingerprint density at radius 3 is 2.35 bits per heavy atom. The van der Waals surface area contributed by atoms with E-state index in [4.69, 9.17) is 0 Å². The van der Waals surface area contributed by atoms with E-state index in [1.165, 1.54) is 45.3 Å². The van der Waals surface area contributed by atoms with Gasteiger partial charge in [0.2, 0.25) is 0 Å². The molecule has 1 heterocycles. The SMILES string of the molecule is CCCCN1CC(C(C)C)NCC1(CC)CC.